The normalized spacial score (nSPS) is 12.7. The maximum atomic E-state index is 13.5. The maximum Gasteiger partial charge on any atom is 0.449 e. The van der Waals surface area contributed by atoms with Gasteiger partial charge in [0.1, 0.15) is 5.82 Å². The van der Waals surface area contributed by atoms with Crippen LogP contribution in [-0.4, -0.2) is 15.9 Å². The molecule has 0 fully saturated rings. The smallest absolute Gasteiger partial charge is 0.341 e. The van der Waals surface area contributed by atoms with Crippen molar-refractivity contribution in [2.24, 2.45) is 0 Å². The third kappa shape index (κ3) is 4.03. The van der Waals surface area contributed by atoms with Crippen LogP contribution in [0, 0.1) is 5.82 Å². The summed E-state index contributed by atoms with van der Waals surface area (Å²) in [7, 11) is 0. The number of fused-ring (bicyclic) bond motifs is 1. The van der Waals surface area contributed by atoms with Crippen LogP contribution in [0.4, 0.5) is 17.6 Å². The van der Waals surface area contributed by atoms with Crippen LogP contribution in [0.25, 0.3) is 11.0 Å². The number of alkyl halides is 3. The van der Waals surface area contributed by atoms with Gasteiger partial charge >= 0.3 is 6.18 Å². The third-order valence-corrected chi connectivity index (χ3v) is 4.60. The summed E-state index contributed by atoms with van der Waals surface area (Å²) in [6, 6.07) is 18.1. The number of rotatable bonds is 4. The number of hydrogen-bond acceptors (Lipinski definition) is 2. The monoisotopic (exact) mass is 413 g/mol. The van der Waals surface area contributed by atoms with Crippen molar-refractivity contribution in [1.82, 2.24) is 15.3 Å². The zero-order valence-corrected chi connectivity index (χ0v) is 15.4. The summed E-state index contributed by atoms with van der Waals surface area (Å²) in [5.74, 6) is -2.14. The molecular weight excluding hydrogens is 398 g/mol. The van der Waals surface area contributed by atoms with Crippen LogP contribution < -0.4 is 5.32 Å². The number of carbonyl (C=O) groups is 1. The van der Waals surface area contributed by atoms with Crippen molar-refractivity contribution >= 4 is 16.9 Å². The lowest BCUT2D eigenvalue weighted by Crippen LogP contribution is -2.29. The molecule has 3 aromatic carbocycles. The number of halogens is 4. The number of nitrogens with zero attached hydrogens (tertiary/aromatic N) is 1. The van der Waals surface area contributed by atoms with E-state index in [0.717, 1.165) is 11.6 Å². The first-order valence-corrected chi connectivity index (χ1v) is 8.99. The SMILES string of the molecule is O=C(NC(c1ccccc1)c1ccc2nc(C(F)(F)F)[nH]c2c1)c1cccc(F)c1. The zero-order chi connectivity index (χ0) is 21.3. The summed E-state index contributed by atoms with van der Waals surface area (Å²) in [6.45, 7) is 0. The Morgan fingerprint density at radius 3 is 2.40 bits per heavy atom. The lowest BCUT2D eigenvalue weighted by Gasteiger charge is -2.20. The molecule has 4 nitrogen and oxygen atoms in total. The van der Waals surface area contributed by atoms with Crippen LogP contribution in [-0.2, 0) is 6.18 Å². The highest BCUT2D eigenvalue weighted by atomic mass is 19.4. The minimum atomic E-state index is -4.59. The van der Waals surface area contributed by atoms with Crippen LogP contribution in [0.3, 0.4) is 0 Å². The Balaban J connectivity index is 1.73. The van der Waals surface area contributed by atoms with Gasteiger partial charge in [-0.3, -0.25) is 4.79 Å². The highest BCUT2D eigenvalue weighted by Gasteiger charge is 2.34. The van der Waals surface area contributed by atoms with Crippen molar-refractivity contribution < 1.29 is 22.4 Å². The molecule has 30 heavy (non-hydrogen) atoms. The lowest BCUT2D eigenvalue weighted by atomic mass is 9.97. The van der Waals surface area contributed by atoms with Gasteiger partial charge in [-0.1, -0.05) is 42.5 Å². The molecule has 2 N–H and O–H groups in total. The highest BCUT2D eigenvalue weighted by Crippen LogP contribution is 2.30. The Kier molecular flexibility index (Phi) is 4.99. The van der Waals surface area contributed by atoms with Gasteiger partial charge < -0.3 is 10.3 Å². The lowest BCUT2D eigenvalue weighted by molar-refractivity contribution is -0.144. The van der Waals surface area contributed by atoms with E-state index >= 15 is 0 Å². The standard InChI is InChI=1S/C22H15F4N3O/c23-16-8-4-7-15(11-16)20(30)29-19(13-5-2-1-3-6-13)14-9-10-17-18(12-14)28-21(27-17)22(24,25)26/h1-12,19H,(H,27,28)(H,29,30). The molecule has 0 aliphatic rings. The molecule has 0 saturated carbocycles. The van der Waals surface area contributed by atoms with E-state index in [4.69, 9.17) is 0 Å². The Bertz CT molecular complexity index is 1200. The fourth-order valence-electron chi connectivity index (χ4n) is 3.19. The van der Waals surface area contributed by atoms with Crippen LogP contribution in [0.15, 0.2) is 72.8 Å². The first kappa shape index (κ1) is 19.6. The molecule has 0 aliphatic carbocycles. The van der Waals surface area contributed by atoms with Gasteiger partial charge in [-0.25, -0.2) is 9.37 Å². The Labute approximate surface area is 168 Å². The molecule has 4 aromatic rings. The average molecular weight is 413 g/mol. The molecule has 1 atom stereocenters. The molecule has 0 radical (unpaired) electrons. The van der Waals surface area contributed by atoms with Crippen LogP contribution >= 0.6 is 0 Å². The van der Waals surface area contributed by atoms with Crippen molar-refractivity contribution in [3.05, 3.63) is 101 Å². The molecule has 1 unspecified atom stereocenters. The third-order valence-electron chi connectivity index (χ3n) is 4.60. The van der Waals surface area contributed by atoms with Crippen molar-refractivity contribution in [3.63, 3.8) is 0 Å². The van der Waals surface area contributed by atoms with Gasteiger partial charge in [-0.15, -0.1) is 0 Å². The summed E-state index contributed by atoms with van der Waals surface area (Å²) in [5, 5.41) is 2.83. The number of benzene rings is 3. The molecule has 1 heterocycles. The van der Waals surface area contributed by atoms with E-state index in [0.29, 0.717) is 5.56 Å². The van der Waals surface area contributed by atoms with Crippen molar-refractivity contribution in [1.29, 1.82) is 0 Å². The molecule has 0 aliphatic heterocycles. The van der Waals surface area contributed by atoms with E-state index in [-0.39, 0.29) is 16.6 Å². The molecule has 1 aromatic heterocycles. The Morgan fingerprint density at radius 1 is 0.933 bits per heavy atom. The Hall–Kier alpha value is -3.68. The van der Waals surface area contributed by atoms with Gasteiger partial charge in [0.2, 0.25) is 5.82 Å². The Morgan fingerprint density at radius 2 is 1.70 bits per heavy atom. The second-order valence-electron chi connectivity index (χ2n) is 6.69. The zero-order valence-electron chi connectivity index (χ0n) is 15.4. The molecule has 1 amide bonds. The van der Waals surface area contributed by atoms with Gasteiger partial charge in [-0.2, -0.15) is 13.2 Å². The van der Waals surface area contributed by atoms with E-state index in [1.165, 1.54) is 30.3 Å². The molecule has 4 rings (SSSR count). The minimum Gasteiger partial charge on any atom is -0.341 e. The van der Waals surface area contributed by atoms with E-state index in [1.807, 2.05) is 6.07 Å². The summed E-state index contributed by atoms with van der Waals surface area (Å²) >= 11 is 0. The fourth-order valence-corrected chi connectivity index (χ4v) is 3.19. The summed E-state index contributed by atoms with van der Waals surface area (Å²) in [6.07, 6.45) is -4.59. The predicted octanol–water partition coefficient (Wildman–Crippen LogP) is 5.24. The number of imidazole rings is 1. The van der Waals surface area contributed by atoms with Crippen molar-refractivity contribution in [2.75, 3.05) is 0 Å². The average Bonchev–Trinajstić information content (AvgIpc) is 3.16. The molecule has 8 heteroatoms. The first-order valence-electron chi connectivity index (χ1n) is 8.99. The molecule has 0 bridgehead atoms. The van der Waals surface area contributed by atoms with Gasteiger partial charge in [0.25, 0.3) is 5.91 Å². The van der Waals surface area contributed by atoms with Crippen LogP contribution in [0.1, 0.15) is 33.4 Å². The number of carbonyl (C=O) groups excluding carboxylic acids is 1. The van der Waals surface area contributed by atoms with Gasteiger partial charge in [0.05, 0.1) is 17.1 Å². The van der Waals surface area contributed by atoms with Crippen LogP contribution in [0.5, 0.6) is 0 Å². The summed E-state index contributed by atoms with van der Waals surface area (Å²) < 4.78 is 52.4. The van der Waals surface area contributed by atoms with Crippen molar-refractivity contribution in [2.45, 2.75) is 12.2 Å². The molecular formula is C22H15F4N3O. The highest BCUT2D eigenvalue weighted by molar-refractivity contribution is 5.94. The van der Waals surface area contributed by atoms with E-state index in [1.54, 1.807) is 30.3 Å². The van der Waals surface area contributed by atoms with E-state index in [2.05, 4.69) is 15.3 Å². The molecule has 0 spiro atoms. The fraction of sp³-hybridized carbons (Fsp3) is 0.0909. The number of nitrogens with one attached hydrogen (secondary N) is 2. The predicted molar refractivity (Wildman–Crippen MR) is 103 cm³/mol. The number of amides is 1. The largest absolute Gasteiger partial charge is 0.449 e. The van der Waals surface area contributed by atoms with Crippen LogP contribution in [0.2, 0.25) is 0 Å². The van der Waals surface area contributed by atoms with Crippen molar-refractivity contribution in [3.8, 4) is 0 Å². The van der Waals surface area contributed by atoms with Gasteiger partial charge in [-0.05, 0) is 41.5 Å². The maximum absolute atomic E-state index is 13.5. The number of H-pyrrole nitrogens is 1. The van der Waals surface area contributed by atoms with E-state index < -0.39 is 29.8 Å². The second kappa shape index (κ2) is 7.62. The molecule has 152 valence electrons. The number of aromatic nitrogens is 2. The summed E-state index contributed by atoms with van der Waals surface area (Å²) in [4.78, 5) is 18.5. The molecule has 0 saturated heterocycles. The topological polar surface area (TPSA) is 57.8 Å². The quantitative estimate of drug-likeness (QED) is 0.450. The first-order chi connectivity index (χ1) is 14.3. The summed E-state index contributed by atoms with van der Waals surface area (Å²) in [5.41, 5.74) is 1.76. The minimum absolute atomic E-state index is 0.137. The van der Waals surface area contributed by atoms with Gasteiger partial charge in [0.15, 0.2) is 0 Å². The van der Waals surface area contributed by atoms with Gasteiger partial charge in [0, 0.05) is 5.56 Å². The second-order valence-corrected chi connectivity index (χ2v) is 6.69. The number of hydrogen-bond donors (Lipinski definition) is 2. The van der Waals surface area contributed by atoms with E-state index in [9.17, 15) is 22.4 Å². The number of aromatic amines is 1.